The largest absolute Gasteiger partial charge is 0.447 e. The Hall–Kier alpha value is -1.46. The van der Waals surface area contributed by atoms with Crippen LogP contribution in [0.15, 0.2) is 4.99 Å². The number of hydrogen-bond acceptors (Lipinski definition) is 3. The van der Waals surface area contributed by atoms with Crippen LogP contribution in [0.4, 0.5) is 4.79 Å². The van der Waals surface area contributed by atoms with Crippen LogP contribution in [0.2, 0.25) is 0 Å². The molecule has 0 unspecified atom stereocenters. The zero-order valence-corrected chi connectivity index (χ0v) is 7.91. The zero-order chi connectivity index (χ0) is 10.3. The summed E-state index contributed by atoms with van der Waals surface area (Å²) < 4.78 is 4.80. The standard InChI is InChI=1S/C7H16N4O2/c1-5(2)13-7(12)11-4-3-10-6(8)9/h5H,3-4H2,1-2H3,(H,11,12)(H4,8,9,10). The van der Waals surface area contributed by atoms with E-state index >= 15 is 0 Å². The fourth-order valence-electron chi connectivity index (χ4n) is 0.599. The van der Waals surface area contributed by atoms with Crippen LogP contribution in [-0.2, 0) is 4.74 Å². The van der Waals surface area contributed by atoms with Crippen LogP contribution in [-0.4, -0.2) is 31.2 Å². The predicted molar refractivity (Wildman–Crippen MR) is 50.3 cm³/mol. The number of alkyl carbamates (subject to hydrolysis) is 1. The number of nitrogens with zero attached hydrogens (tertiary/aromatic N) is 1. The molecule has 0 aromatic heterocycles. The van der Waals surface area contributed by atoms with Gasteiger partial charge in [0.2, 0.25) is 0 Å². The molecule has 0 aromatic rings. The second-order valence-corrected chi connectivity index (χ2v) is 2.69. The molecule has 76 valence electrons. The quantitative estimate of drug-likeness (QED) is 0.311. The number of carbonyl (C=O) groups excluding carboxylic acids is 1. The molecule has 6 nitrogen and oxygen atoms in total. The van der Waals surface area contributed by atoms with Gasteiger partial charge in [-0.2, -0.15) is 0 Å². The molecular weight excluding hydrogens is 172 g/mol. The molecule has 0 fully saturated rings. The van der Waals surface area contributed by atoms with Crippen molar-refractivity contribution in [1.29, 1.82) is 0 Å². The van der Waals surface area contributed by atoms with Crippen molar-refractivity contribution in [2.45, 2.75) is 20.0 Å². The molecule has 13 heavy (non-hydrogen) atoms. The van der Waals surface area contributed by atoms with Crippen LogP contribution in [0.5, 0.6) is 0 Å². The third kappa shape index (κ3) is 8.45. The van der Waals surface area contributed by atoms with Crippen molar-refractivity contribution in [2.75, 3.05) is 13.1 Å². The number of guanidine groups is 1. The maximum Gasteiger partial charge on any atom is 0.407 e. The lowest BCUT2D eigenvalue weighted by Gasteiger charge is -2.08. The summed E-state index contributed by atoms with van der Waals surface area (Å²) in [5.41, 5.74) is 10.1. The monoisotopic (exact) mass is 188 g/mol. The van der Waals surface area contributed by atoms with Crippen molar-refractivity contribution in [1.82, 2.24) is 5.32 Å². The number of ether oxygens (including phenoxy) is 1. The van der Waals surface area contributed by atoms with E-state index in [2.05, 4.69) is 10.3 Å². The minimum atomic E-state index is -0.458. The van der Waals surface area contributed by atoms with Crippen LogP contribution >= 0.6 is 0 Å². The molecule has 0 heterocycles. The number of amides is 1. The summed E-state index contributed by atoms with van der Waals surface area (Å²) >= 11 is 0. The van der Waals surface area contributed by atoms with Gasteiger partial charge in [-0.15, -0.1) is 0 Å². The smallest absolute Gasteiger partial charge is 0.407 e. The minimum Gasteiger partial charge on any atom is -0.447 e. The molecule has 0 aromatic carbocycles. The number of carbonyl (C=O) groups is 1. The normalized spacial score (nSPS) is 9.46. The molecule has 0 saturated heterocycles. The summed E-state index contributed by atoms with van der Waals surface area (Å²) in [4.78, 5) is 14.5. The second-order valence-electron chi connectivity index (χ2n) is 2.69. The Bertz CT molecular complexity index is 187. The molecule has 0 saturated carbocycles. The van der Waals surface area contributed by atoms with Crippen LogP contribution in [0.1, 0.15) is 13.8 Å². The van der Waals surface area contributed by atoms with E-state index in [9.17, 15) is 4.79 Å². The maximum absolute atomic E-state index is 10.9. The zero-order valence-electron chi connectivity index (χ0n) is 7.91. The molecule has 0 aliphatic heterocycles. The van der Waals surface area contributed by atoms with Crippen molar-refractivity contribution in [3.63, 3.8) is 0 Å². The Balaban J connectivity index is 3.43. The van der Waals surface area contributed by atoms with Crippen LogP contribution in [0.25, 0.3) is 0 Å². The summed E-state index contributed by atoms with van der Waals surface area (Å²) in [6, 6.07) is 0. The number of aliphatic imine (C=N–C) groups is 1. The molecule has 6 heteroatoms. The highest BCUT2D eigenvalue weighted by molar-refractivity contribution is 5.75. The Morgan fingerprint density at radius 3 is 2.62 bits per heavy atom. The maximum atomic E-state index is 10.9. The number of rotatable bonds is 4. The topological polar surface area (TPSA) is 103 Å². The third-order valence-corrected chi connectivity index (χ3v) is 1.02. The first-order chi connectivity index (χ1) is 6.02. The first-order valence-electron chi connectivity index (χ1n) is 4.02. The van der Waals surface area contributed by atoms with Crippen molar-refractivity contribution in [3.8, 4) is 0 Å². The van der Waals surface area contributed by atoms with Gasteiger partial charge in [-0.3, -0.25) is 4.99 Å². The Labute approximate surface area is 77.3 Å². The van der Waals surface area contributed by atoms with Gasteiger partial charge in [0.25, 0.3) is 0 Å². The van der Waals surface area contributed by atoms with Crippen molar-refractivity contribution in [3.05, 3.63) is 0 Å². The minimum absolute atomic E-state index is 0.0130. The highest BCUT2D eigenvalue weighted by Gasteiger charge is 2.02. The molecule has 5 N–H and O–H groups in total. The Morgan fingerprint density at radius 1 is 1.54 bits per heavy atom. The lowest BCUT2D eigenvalue weighted by Crippen LogP contribution is -2.30. The highest BCUT2D eigenvalue weighted by atomic mass is 16.6. The van der Waals surface area contributed by atoms with Crippen molar-refractivity contribution in [2.24, 2.45) is 16.5 Å². The van der Waals surface area contributed by atoms with Gasteiger partial charge in [0, 0.05) is 6.54 Å². The van der Waals surface area contributed by atoms with E-state index in [1.165, 1.54) is 0 Å². The van der Waals surface area contributed by atoms with E-state index in [1.807, 2.05) is 0 Å². The van der Waals surface area contributed by atoms with E-state index in [1.54, 1.807) is 13.8 Å². The molecule has 0 rings (SSSR count). The molecule has 0 atom stereocenters. The van der Waals surface area contributed by atoms with E-state index in [0.29, 0.717) is 13.1 Å². The number of nitrogens with one attached hydrogen (secondary N) is 1. The van der Waals surface area contributed by atoms with Gasteiger partial charge in [0.1, 0.15) is 0 Å². The van der Waals surface area contributed by atoms with Crippen LogP contribution < -0.4 is 16.8 Å². The second kappa shape index (κ2) is 6.10. The van der Waals surface area contributed by atoms with Gasteiger partial charge in [-0.25, -0.2) is 4.79 Å². The van der Waals surface area contributed by atoms with Crippen LogP contribution in [0, 0.1) is 0 Å². The summed E-state index contributed by atoms with van der Waals surface area (Å²) in [6.45, 7) is 4.27. The lowest BCUT2D eigenvalue weighted by molar-refractivity contribution is 0.116. The molecule has 0 radical (unpaired) electrons. The third-order valence-electron chi connectivity index (χ3n) is 1.02. The van der Waals surface area contributed by atoms with E-state index in [4.69, 9.17) is 16.2 Å². The fraction of sp³-hybridized carbons (Fsp3) is 0.714. The van der Waals surface area contributed by atoms with E-state index < -0.39 is 6.09 Å². The van der Waals surface area contributed by atoms with E-state index in [-0.39, 0.29) is 12.1 Å². The van der Waals surface area contributed by atoms with Gasteiger partial charge in [-0.1, -0.05) is 0 Å². The Morgan fingerprint density at radius 2 is 2.15 bits per heavy atom. The summed E-state index contributed by atoms with van der Waals surface area (Å²) in [5, 5.41) is 2.49. The number of hydrogen-bond donors (Lipinski definition) is 3. The summed E-state index contributed by atoms with van der Waals surface area (Å²) in [5.74, 6) is 0.0130. The first kappa shape index (κ1) is 11.5. The molecule has 1 amide bonds. The summed E-state index contributed by atoms with van der Waals surface area (Å²) in [6.07, 6.45) is -0.580. The van der Waals surface area contributed by atoms with E-state index in [0.717, 1.165) is 0 Å². The predicted octanol–water partition coefficient (Wildman–Crippen LogP) is -0.606. The highest BCUT2D eigenvalue weighted by Crippen LogP contribution is 1.87. The van der Waals surface area contributed by atoms with Gasteiger partial charge < -0.3 is 21.5 Å². The average molecular weight is 188 g/mol. The van der Waals surface area contributed by atoms with Crippen molar-refractivity contribution < 1.29 is 9.53 Å². The fourth-order valence-corrected chi connectivity index (χ4v) is 0.599. The molecule has 0 spiro atoms. The van der Waals surface area contributed by atoms with Crippen molar-refractivity contribution >= 4 is 12.1 Å². The molecular formula is C7H16N4O2. The summed E-state index contributed by atoms with van der Waals surface area (Å²) in [7, 11) is 0. The van der Waals surface area contributed by atoms with Gasteiger partial charge in [0.15, 0.2) is 5.96 Å². The molecule has 0 aliphatic rings. The number of nitrogens with two attached hydrogens (primary N) is 2. The average Bonchev–Trinajstić information content (AvgIpc) is 1.96. The van der Waals surface area contributed by atoms with Gasteiger partial charge >= 0.3 is 6.09 Å². The molecule has 0 aliphatic carbocycles. The van der Waals surface area contributed by atoms with Crippen LogP contribution in [0.3, 0.4) is 0 Å². The first-order valence-corrected chi connectivity index (χ1v) is 4.02. The van der Waals surface area contributed by atoms with Gasteiger partial charge in [0.05, 0.1) is 12.6 Å². The van der Waals surface area contributed by atoms with Gasteiger partial charge in [-0.05, 0) is 13.8 Å². The molecule has 0 bridgehead atoms. The lowest BCUT2D eigenvalue weighted by atomic mass is 10.5. The SMILES string of the molecule is CC(C)OC(=O)NCCN=C(N)N. The Kier molecular flexibility index (Phi) is 5.42.